The zero-order chi connectivity index (χ0) is 33.7. The molecule has 0 atom stereocenters. The van der Waals surface area contributed by atoms with Gasteiger partial charge in [0.15, 0.2) is 17.5 Å². The Morgan fingerprint density at radius 3 is 1.67 bits per heavy atom. The van der Waals surface area contributed by atoms with Crippen LogP contribution in [0.15, 0.2) is 180 Å². The monoisotopic (exact) mass is 651 g/mol. The number of hydrogen-bond acceptors (Lipinski definition) is 4. The quantitative estimate of drug-likeness (QED) is 0.174. The van der Waals surface area contributed by atoms with Crippen LogP contribution in [0.1, 0.15) is 0 Å². The second-order valence-electron chi connectivity index (χ2n) is 12.8. The van der Waals surface area contributed by atoms with E-state index in [4.69, 9.17) is 19.4 Å². The van der Waals surface area contributed by atoms with Crippen molar-refractivity contribution < 1.29 is 4.42 Å². The Bertz CT molecular complexity index is 2900. The first-order valence-electron chi connectivity index (χ1n) is 17.1. The first kappa shape index (κ1) is 29.0. The van der Waals surface area contributed by atoms with Gasteiger partial charge >= 0.3 is 0 Å². The molecule has 2 aromatic heterocycles. The van der Waals surface area contributed by atoms with E-state index in [2.05, 4.69) is 121 Å². The van der Waals surface area contributed by atoms with Gasteiger partial charge in [-0.25, -0.2) is 15.0 Å². The molecule has 0 N–H and O–H groups in total. The fourth-order valence-corrected chi connectivity index (χ4v) is 7.21. The number of furan rings is 1. The third kappa shape index (κ3) is 5.04. The fourth-order valence-electron chi connectivity index (χ4n) is 7.21. The van der Waals surface area contributed by atoms with Crippen molar-refractivity contribution in [1.82, 2.24) is 15.0 Å². The van der Waals surface area contributed by atoms with Crippen molar-refractivity contribution in [2.24, 2.45) is 0 Å². The van der Waals surface area contributed by atoms with Crippen LogP contribution in [-0.2, 0) is 0 Å². The molecule has 2 heterocycles. The van der Waals surface area contributed by atoms with Gasteiger partial charge in [0, 0.05) is 33.0 Å². The maximum atomic E-state index is 6.56. The van der Waals surface area contributed by atoms with Gasteiger partial charge in [-0.2, -0.15) is 0 Å². The largest absolute Gasteiger partial charge is 0.455 e. The van der Waals surface area contributed by atoms with E-state index in [0.717, 1.165) is 55.3 Å². The summed E-state index contributed by atoms with van der Waals surface area (Å²) in [4.78, 5) is 15.3. The van der Waals surface area contributed by atoms with Crippen LogP contribution in [0.4, 0.5) is 0 Å². The molecule has 8 aromatic carbocycles. The third-order valence-electron chi connectivity index (χ3n) is 9.74. The predicted molar refractivity (Wildman–Crippen MR) is 209 cm³/mol. The van der Waals surface area contributed by atoms with Gasteiger partial charge < -0.3 is 4.42 Å². The van der Waals surface area contributed by atoms with E-state index < -0.39 is 0 Å². The Labute approximate surface area is 294 Å². The van der Waals surface area contributed by atoms with E-state index >= 15 is 0 Å². The standard InChI is InChI=1S/C47H29N3O/c1-3-11-31(12-4-1)39-27-28-41(43-40-17-9-10-18-42(40)51-44(39)43)47-49-45(33-14-5-2-6-15-33)48-46(50-47)34-22-19-30(20-23-34)35-25-26-38-36(29-35)24-21-32-13-7-8-16-37(32)38/h1-29H. The minimum absolute atomic E-state index is 0.598. The second-order valence-corrected chi connectivity index (χ2v) is 12.8. The third-order valence-corrected chi connectivity index (χ3v) is 9.74. The summed E-state index contributed by atoms with van der Waals surface area (Å²) >= 11 is 0. The Morgan fingerprint density at radius 1 is 0.333 bits per heavy atom. The molecule has 4 nitrogen and oxygen atoms in total. The normalized spacial score (nSPS) is 11.5. The molecule has 10 aromatic rings. The van der Waals surface area contributed by atoms with Crippen molar-refractivity contribution >= 4 is 43.5 Å². The van der Waals surface area contributed by atoms with E-state index in [-0.39, 0.29) is 0 Å². The number of aromatic nitrogens is 3. The highest BCUT2D eigenvalue weighted by molar-refractivity contribution is 6.15. The average molecular weight is 652 g/mol. The van der Waals surface area contributed by atoms with Gasteiger partial charge in [-0.1, -0.05) is 152 Å². The summed E-state index contributed by atoms with van der Waals surface area (Å²) in [7, 11) is 0. The van der Waals surface area contributed by atoms with Gasteiger partial charge in [0.1, 0.15) is 11.2 Å². The highest BCUT2D eigenvalue weighted by Crippen LogP contribution is 2.41. The molecule has 0 spiro atoms. The highest BCUT2D eigenvalue weighted by atomic mass is 16.3. The molecule has 51 heavy (non-hydrogen) atoms. The minimum atomic E-state index is 0.598. The SMILES string of the molecule is c1ccc(-c2nc(-c3ccc(-c4ccc5c(ccc6ccccc65)c4)cc3)nc(-c3ccc(-c4ccccc4)c4oc5ccccc5c34)n2)cc1. The van der Waals surface area contributed by atoms with Crippen molar-refractivity contribution in [2.75, 3.05) is 0 Å². The van der Waals surface area contributed by atoms with Gasteiger partial charge in [-0.15, -0.1) is 0 Å². The number of fused-ring (bicyclic) bond motifs is 6. The number of para-hydroxylation sites is 1. The van der Waals surface area contributed by atoms with Gasteiger partial charge in [0.05, 0.1) is 0 Å². The minimum Gasteiger partial charge on any atom is -0.455 e. The Morgan fingerprint density at radius 2 is 0.882 bits per heavy atom. The van der Waals surface area contributed by atoms with Crippen LogP contribution in [0, 0.1) is 0 Å². The van der Waals surface area contributed by atoms with E-state index in [1.54, 1.807) is 0 Å². The van der Waals surface area contributed by atoms with Crippen LogP contribution in [-0.4, -0.2) is 15.0 Å². The Balaban J connectivity index is 1.11. The van der Waals surface area contributed by atoms with Gasteiger partial charge in [-0.3, -0.25) is 0 Å². The molecule has 0 fully saturated rings. The van der Waals surface area contributed by atoms with Crippen molar-refractivity contribution in [3.63, 3.8) is 0 Å². The molecule has 0 aliphatic rings. The van der Waals surface area contributed by atoms with Crippen LogP contribution < -0.4 is 0 Å². The van der Waals surface area contributed by atoms with Crippen molar-refractivity contribution in [1.29, 1.82) is 0 Å². The van der Waals surface area contributed by atoms with E-state index in [1.807, 2.05) is 54.6 Å². The van der Waals surface area contributed by atoms with Crippen LogP contribution >= 0.6 is 0 Å². The molecule has 10 rings (SSSR count). The summed E-state index contributed by atoms with van der Waals surface area (Å²) in [5, 5.41) is 7.02. The maximum Gasteiger partial charge on any atom is 0.164 e. The molecule has 238 valence electrons. The smallest absolute Gasteiger partial charge is 0.164 e. The summed E-state index contributed by atoms with van der Waals surface area (Å²) in [6.07, 6.45) is 0. The number of benzene rings is 8. The lowest BCUT2D eigenvalue weighted by Gasteiger charge is -2.11. The molecule has 0 amide bonds. The first-order valence-corrected chi connectivity index (χ1v) is 17.1. The van der Waals surface area contributed by atoms with E-state index in [9.17, 15) is 0 Å². The molecule has 0 saturated carbocycles. The van der Waals surface area contributed by atoms with E-state index in [1.165, 1.54) is 27.1 Å². The molecule has 0 bridgehead atoms. The predicted octanol–water partition coefficient (Wildman–Crippen LogP) is 12.4. The lowest BCUT2D eigenvalue weighted by molar-refractivity contribution is 0.670. The van der Waals surface area contributed by atoms with Gasteiger partial charge in [0.2, 0.25) is 0 Å². The van der Waals surface area contributed by atoms with Crippen molar-refractivity contribution in [3.05, 3.63) is 176 Å². The molecule has 4 heteroatoms. The number of nitrogens with zero attached hydrogens (tertiary/aromatic N) is 3. The van der Waals surface area contributed by atoms with E-state index in [0.29, 0.717) is 17.5 Å². The second kappa shape index (κ2) is 11.9. The topological polar surface area (TPSA) is 51.8 Å². The molecule has 0 saturated heterocycles. The summed E-state index contributed by atoms with van der Waals surface area (Å²) in [6.45, 7) is 0. The lowest BCUT2D eigenvalue weighted by Crippen LogP contribution is -2.00. The number of hydrogen-bond donors (Lipinski definition) is 0. The Hall–Kier alpha value is -6.91. The van der Waals surface area contributed by atoms with Gasteiger partial charge in [0.25, 0.3) is 0 Å². The molecular formula is C47H29N3O. The zero-order valence-corrected chi connectivity index (χ0v) is 27.5. The highest BCUT2D eigenvalue weighted by Gasteiger charge is 2.20. The summed E-state index contributed by atoms with van der Waals surface area (Å²) < 4.78 is 6.56. The fraction of sp³-hybridized carbons (Fsp3) is 0. The van der Waals surface area contributed by atoms with Crippen LogP contribution in [0.5, 0.6) is 0 Å². The first-order chi connectivity index (χ1) is 25.3. The van der Waals surface area contributed by atoms with Crippen LogP contribution in [0.25, 0.3) is 99.9 Å². The molecule has 0 aliphatic heterocycles. The van der Waals surface area contributed by atoms with Crippen LogP contribution in [0.2, 0.25) is 0 Å². The lowest BCUT2D eigenvalue weighted by atomic mass is 9.97. The zero-order valence-electron chi connectivity index (χ0n) is 27.5. The summed E-state index contributed by atoms with van der Waals surface area (Å²) in [6, 6.07) is 61.0. The number of rotatable bonds is 5. The molecule has 0 radical (unpaired) electrons. The van der Waals surface area contributed by atoms with Gasteiger partial charge in [-0.05, 0) is 62.5 Å². The molecule has 0 unspecified atom stereocenters. The van der Waals surface area contributed by atoms with Crippen LogP contribution in [0.3, 0.4) is 0 Å². The van der Waals surface area contributed by atoms with Crippen molar-refractivity contribution in [2.45, 2.75) is 0 Å². The Kier molecular flexibility index (Phi) is 6.78. The molecular weight excluding hydrogens is 623 g/mol. The maximum absolute atomic E-state index is 6.56. The summed E-state index contributed by atoms with van der Waals surface area (Å²) in [5.41, 5.74) is 8.80. The van der Waals surface area contributed by atoms with Crippen molar-refractivity contribution in [3.8, 4) is 56.4 Å². The average Bonchev–Trinajstić information content (AvgIpc) is 3.61. The molecule has 0 aliphatic carbocycles. The summed E-state index contributed by atoms with van der Waals surface area (Å²) in [5.74, 6) is 1.83.